The Bertz CT molecular complexity index is 764. The molecule has 0 bridgehead atoms. The van der Waals surface area contributed by atoms with Crippen molar-refractivity contribution in [1.29, 1.82) is 5.26 Å². The van der Waals surface area contributed by atoms with Crippen LogP contribution >= 0.6 is 0 Å². The Kier molecular flexibility index (Phi) is 5.15. The van der Waals surface area contributed by atoms with Crippen molar-refractivity contribution in [2.45, 2.75) is 31.9 Å². The van der Waals surface area contributed by atoms with Gasteiger partial charge in [0.15, 0.2) is 0 Å². The van der Waals surface area contributed by atoms with Crippen molar-refractivity contribution in [3.8, 4) is 6.07 Å². The van der Waals surface area contributed by atoms with Gasteiger partial charge in [0.1, 0.15) is 17.6 Å². The average Bonchev–Trinajstić information content (AvgIpc) is 2.63. The molecule has 0 saturated carbocycles. The topological polar surface area (TPSA) is 72.2 Å². The molecule has 2 aromatic rings. The molecule has 3 rings (SSSR count). The van der Waals surface area contributed by atoms with Crippen LogP contribution in [0.3, 0.4) is 0 Å². The van der Waals surface area contributed by atoms with Crippen LogP contribution in [0.5, 0.6) is 0 Å². The normalized spacial score (nSPS) is 16.3. The zero-order valence-electron chi connectivity index (χ0n) is 14.1. The van der Waals surface area contributed by atoms with Crippen molar-refractivity contribution in [2.24, 2.45) is 0 Å². The second kappa shape index (κ2) is 7.49. The number of halogens is 1. The van der Waals surface area contributed by atoms with E-state index in [0.717, 1.165) is 42.9 Å². The second-order valence-electron chi connectivity index (χ2n) is 6.33. The number of nitrogens with zero attached hydrogens (tertiary/aromatic N) is 3. The fraction of sp³-hybridized carbons (Fsp3) is 0.368. The van der Waals surface area contributed by atoms with E-state index in [1.807, 2.05) is 13.0 Å². The first-order valence-corrected chi connectivity index (χ1v) is 8.42. The van der Waals surface area contributed by atoms with Crippen molar-refractivity contribution in [1.82, 2.24) is 4.98 Å². The minimum atomic E-state index is -0.276. The summed E-state index contributed by atoms with van der Waals surface area (Å²) in [5.41, 5.74) is 2.97. The highest BCUT2D eigenvalue weighted by atomic mass is 19.1. The van der Waals surface area contributed by atoms with Gasteiger partial charge < -0.3 is 15.3 Å². The third kappa shape index (κ3) is 4.06. The Balaban J connectivity index is 1.82. The smallest absolute Gasteiger partial charge is 0.140 e. The Morgan fingerprint density at radius 1 is 1.32 bits per heavy atom. The van der Waals surface area contributed by atoms with Crippen LogP contribution in [-0.4, -0.2) is 29.3 Å². The van der Waals surface area contributed by atoms with E-state index < -0.39 is 0 Å². The number of rotatable bonds is 4. The Morgan fingerprint density at radius 2 is 2.08 bits per heavy atom. The number of benzene rings is 1. The summed E-state index contributed by atoms with van der Waals surface area (Å²) in [7, 11) is 0. The second-order valence-corrected chi connectivity index (χ2v) is 6.33. The van der Waals surface area contributed by atoms with Crippen molar-refractivity contribution >= 4 is 11.4 Å². The zero-order valence-corrected chi connectivity index (χ0v) is 14.1. The van der Waals surface area contributed by atoms with E-state index in [1.165, 1.54) is 6.07 Å². The van der Waals surface area contributed by atoms with Crippen molar-refractivity contribution < 1.29 is 9.50 Å². The SMILES string of the molecule is CC(Nc1ccc(C#N)nc1)c1cc(F)ccc1N1CCC(O)CC1. The molecule has 1 saturated heterocycles. The molecular weight excluding hydrogens is 319 g/mol. The van der Waals surface area contributed by atoms with E-state index in [9.17, 15) is 9.50 Å². The summed E-state index contributed by atoms with van der Waals surface area (Å²) >= 11 is 0. The maximum Gasteiger partial charge on any atom is 0.140 e. The molecule has 25 heavy (non-hydrogen) atoms. The van der Waals surface area contributed by atoms with Crippen molar-refractivity contribution in [3.63, 3.8) is 0 Å². The van der Waals surface area contributed by atoms with E-state index in [1.54, 1.807) is 30.5 Å². The monoisotopic (exact) mass is 340 g/mol. The number of aliphatic hydroxyl groups is 1. The van der Waals surface area contributed by atoms with Gasteiger partial charge in [-0.25, -0.2) is 9.37 Å². The molecular formula is C19H21FN4O. The minimum absolute atomic E-state index is 0.132. The van der Waals surface area contributed by atoms with Crippen LogP contribution in [0.25, 0.3) is 0 Å². The molecule has 1 aromatic heterocycles. The third-order valence-corrected chi connectivity index (χ3v) is 4.52. The molecule has 130 valence electrons. The summed E-state index contributed by atoms with van der Waals surface area (Å²) in [5, 5.41) is 21.8. The van der Waals surface area contributed by atoms with E-state index in [2.05, 4.69) is 15.2 Å². The summed E-state index contributed by atoms with van der Waals surface area (Å²) in [6, 6.07) is 10.1. The van der Waals surface area contributed by atoms with Crippen LogP contribution in [0.1, 0.15) is 37.1 Å². The summed E-state index contributed by atoms with van der Waals surface area (Å²) in [6.45, 7) is 3.48. The lowest BCUT2D eigenvalue weighted by Gasteiger charge is -2.34. The molecule has 5 nitrogen and oxygen atoms in total. The number of piperidine rings is 1. The summed E-state index contributed by atoms with van der Waals surface area (Å²) in [6.07, 6.45) is 2.79. The lowest BCUT2D eigenvalue weighted by molar-refractivity contribution is 0.145. The van der Waals surface area contributed by atoms with Gasteiger partial charge >= 0.3 is 0 Å². The predicted molar refractivity (Wildman–Crippen MR) is 94.8 cm³/mol. The number of pyridine rings is 1. The van der Waals surface area contributed by atoms with Gasteiger partial charge in [-0.15, -0.1) is 0 Å². The first-order valence-electron chi connectivity index (χ1n) is 8.42. The maximum absolute atomic E-state index is 13.8. The quantitative estimate of drug-likeness (QED) is 0.894. The van der Waals surface area contributed by atoms with E-state index in [-0.39, 0.29) is 18.0 Å². The van der Waals surface area contributed by atoms with E-state index in [4.69, 9.17) is 5.26 Å². The van der Waals surface area contributed by atoms with E-state index >= 15 is 0 Å². The van der Waals surface area contributed by atoms with Crippen LogP contribution < -0.4 is 10.2 Å². The molecule has 1 aliphatic heterocycles. The number of anilines is 2. The van der Waals surface area contributed by atoms with Crippen LogP contribution in [0, 0.1) is 17.1 Å². The number of nitrogens with one attached hydrogen (secondary N) is 1. The molecule has 6 heteroatoms. The minimum Gasteiger partial charge on any atom is -0.393 e. The van der Waals surface area contributed by atoms with Crippen LogP contribution in [0.15, 0.2) is 36.5 Å². The fourth-order valence-corrected chi connectivity index (χ4v) is 3.14. The van der Waals surface area contributed by atoms with Gasteiger partial charge in [0, 0.05) is 24.3 Å². The highest BCUT2D eigenvalue weighted by molar-refractivity contribution is 5.58. The van der Waals surface area contributed by atoms with Gasteiger partial charge in [0.25, 0.3) is 0 Å². The number of aliphatic hydroxyl groups excluding tert-OH is 1. The molecule has 0 amide bonds. The Labute approximate surface area is 146 Å². The third-order valence-electron chi connectivity index (χ3n) is 4.52. The number of hydrogen-bond acceptors (Lipinski definition) is 5. The molecule has 1 aliphatic rings. The standard InChI is InChI=1S/C19H21FN4O/c1-13(23-16-4-3-15(11-21)22-12-16)18-10-14(20)2-5-19(18)24-8-6-17(25)7-9-24/h2-5,10,12-13,17,23,25H,6-9H2,1H3. The van der Waals surface area contributed by atoms with Gasteiger partial charge in [-0.05, 0) is 50.1 Å². The Morgan fingerprint density at radius 3 is 2.72 bits per heavy atom. The van der Waals surface area contributed by atoms with Gasteiger partial charge in [0.2, 0.25) is 0 Å². The van der Waals surface area contributed by atoms with Crippen LogP contribution in [0.4, 0.5) is 15.8 Å². The van der Waals surface area contributed by atoms with E-state index in [0.29, 0.717) is 5.69 Å². The molecule has 1 aromatic carbocycles. The summed E-state index contributed by atoms with van der Waals surface area (Å²) in [5.74, 6) is -0.276. The highest BCUT2D eigenvalue weighted by Gasteiger charge is 2.21. The first-order chi connectivity index (χ1) is 12.1. The van der Waals surface area contributed by atoms with Crippen molar-refractivity contribution in [2.75, 3.05) is 23.3 Å². The zero-order chi connectivity index (χ0) is 17.8. The molecule has 1 atom stereocenters. The summed E-state index contributed by atoms with van der Waals surface area (Å²) < 4.78 is 13.8. The van der Waals surface area contributed by atoms with Crippen LogP contribution in [-0.2, 0) is 0 Å². The Hall–Kier alpha value is -2.65. The number of nitriles is 1. The fourth-order valence-electron chi connectivity index (χ4n) is 3.14. The van der Waals surface area contributed by atoms with Gasteiger partial charge in [-0.1, -0.05) is 0 Å². The molecule has 2 N–H and O–H groups in total. The first kappa shape index (κ1) is 17.2. The van der Waals surface area contributed by atoms with Crippen LogP contribution in [0.2, 0.25) is 0 Å². The molecule has 1 fully saturated rings. The van der Waals surface area contributed by atoms with Gasteiger partial charge in [-0.2, -0.15) is 5.26 Å². The molecule has 1 unspecified atom stereocenters. The highest BCUT2D eigenvalue weighted by Crippen LogP contribution is 2.31. The lowest BCUT2D eigenvalue weighted by atomic mass is 10.0. The van der Waals surface area contributed by atoms with Gasteiger partial charge in [-0.3, -0.25) is 0 Å². The number of aromatic nitrogens is 1. The molecule has 2 heterocycles. The largest absolute Gasteiger partial charge is 0.393 e. The average molecular weight is 340 g/mol. The predicted octanol–water partition coefficient (Wildman–Crippen LogP) is 3.23. The maximum atomic E-state index is 13.8. The molecule has 0 aliphatic carbocycles. The van der Waals surface area contributed by atoms with Gasteiger partial charge in [0.05, 0.1) is 24.0 Å². The molecule has 0 spiro atoms. The lowest BCUT2D eigenvalue weighted by Crippen LogP contribution is -2.36. The number of hydrogen-bond donors (Lipinski definition) is 2. The van der Waals surface area contributed by atoms with Crippen molar-refractivity contribution in [3.05, 3.63) is 53.6 Å². The summed E-state index contributed by atoms with van der Waals surface area (Å²) in [4.78, 5) is 6.24. The molecule has 0 radical (unpaired) electrons.